The molecule has 1 saturated heterocycles. The number of hydrogen-bond donors (Lipinski definition) is 0. The third kappa shape index (κ3) is 3.94. The molecule has 0 atom stereocenters. The van der Waals surface area contributed by atoms with Crippen LogP contribution in [0.5, 0.6) is 5.75 Å². The average molecular weight is 349 g/mol. The molecular formula is C18H20FNO3S. The van der Waals surface area contributed by atoms with Crippen LogP contribution in [-0.2, 0) is 11.3 Å². The second kappa shape index (κ2) is 7.77. The summed E-state index contributed by atoms with van der Waals surface area (Å²) in [6, 6.07) is 8.16. The van der Waals surface area contributed by atoms with Gasteiger partial charge in [0.05, 0.1) is 19.8 Å². The van der Waals surface area contributed by atoms with Gasteiger partial charge in [0, 0.05) is 13.1 Å². The first-order chi connectivity index (χ1) is 11.7. The number of halogens is 1. The molecule has 3 rings (SSSR count). The molecule has 0 saturated carbocycles. The molecule has 2 aromatic rings. The number of thiophene rings is 1. The van der Waals surface area contributed by atoms with Crippen LogP contribution in [0.15, 0.2) is 35.7 Å². The zero-order chi connectivity index (χ0) is 16.9. The predicted molar refractivity (Wildman–Crippen MR) is 91.0 cm³/mol. The summed E-state index contributed by atoms with van der Waals surface area (Å²) in [5, 5.41) is 1.87. The Morgan fingerprint density at radius 3 is 2.62 bits per heavy atom. The van der Waals surface area contributed by atoms with E-state index >= 15 is 0 Å². The maximum atomic E-state index is 12.9. The molecule has 1 aromatic heterocycles. The number of nitrogens with zero attached hydrogens (tertiary/aromatic N) is 1. The predicted octanol–water partition coefficient (Wildman–Crippen LogP) is 3.72. The van der Waals surface area contributed by atoms with Crippen LogP contribution >= 0.6 is 11.3 Å². The highest BCUT2D eigenvalue weighted by molar-refractivity contribution is 7.12. The second-order valence-electron chi connectivity index (χ2n) is 5.75. The lowest BCUT2D eigenvalue weighted by atomic mass is 10.1. The molecule has 1 aliphatic rings. The van der Waals surface area contributed by atoms with Crippen LogP contribution in [0.3, 0.4) is 0 Å². The topological polar surface area (TPSA) is 38.8 Å². The SMILES string of the molecule is COc1ccsc1C(=O)N1CCC(OCc2ccc(F)cc2)CC1. The van der Waals surface area contributed by atoms with Crippen LogP contribution in [0.4, 0.5) is 4.39 Å². The molecule has 1 fully saturated rings. The number of methoxy groups -OCH3 is 1. The van der Waals surface area contributed by atoms with Crippen molar-refractivity contribution >= 4 is 17.2 Å². The number of ether oxygens (including phenoxy) is 2. The number of amides is 1. The Bertz CT molecular complexity index is 678. The number of rotatable bonds is 5. The van der Waals surface area contributed by atoms with Gasteiger partial charge in [0.25, 0.3) is 5.91 Å². The van der Waals surface area contributed by atoms with Crippen molar-refractivity contribution in [1.29, 1.82) is 0 Å². The Morgan fingerprint density at radius 1 is 1.25 bits per heavy atom. The van der Waals surface area contributed by atoms with Gasteiger partial charge in [-0.3, -0.25) is 4.79 Å². The Hall–Kier alpha value is -1.92. The maximum Gasteiger partial charge on any atom is 0.267 e. The van der Waals surface area contributed by atoms with Crippen molar-refractivity contribution in [3.05, 3.63) is 52.0 Å². The first-order valence-electron chi connectivity index (χ1n) is 7.94. The molecule has 6 heteroatoms. The molecule has 24 heavy (non-hydrogen) atoms. The Morgan fingerprint density at radius 2 is 1.96 bits per heavy atom. The summed E-state index contributed by atoms with van der Waals surface area (Å²) in [6.07, 6.45) is 1.74. The van der Waals surface area contributed by atoms with E-state index in [2.05, 4.69) is 0 Å². The lowest BCUT2D eigenvalue weighted by Crippen LogP contribution is -2.40. The van der Waals surface area contributed by atoms with Gasteiger partial charge in [-0.2, -0.15) is 0 Å². The number of likely N-dealkylation sites (tertiary alicyclic amines) is 1. The molecule has 0 aliphatic carbocycles. The van der Waals surface area contributed by atoms with Crippen molar-refractivity contribution in [1.82, 2.24) is 4.90 Å². The molecular weight excluding hydrogens is 329 g/mol. The van der Waals surface area contributed by atoms with Crippen LogP contribution in [0.2, 0.25) is 0 Å². The normalized spacial score (nSPS) is 15.5. The third-order valence-corrected chi connectivity index (χ3v) is 5.06. The quantitative estimate of drug-likeness (QED) is 0.826. The number of benzene rings is 1. The molecule has 2 heterocycles. The summed E-state index contributed by atoms with van der Waals surface area (Å²) in [5.41, 5.74) is 0.957. The van der Waals surface area contributed by atoms with Crippen molar-refractivity contribution < 1.29 is 18.7 Å². The van der Waals surface area contributed by atoms with Crippen LogP contribution < -0.4 is 4.74 Å². The van der Waals surface area contributed by atoms with Crippen molar-refractivity contribution in [3.63, 3.8) is 0 Å². The minimum Gasteiger partial charge on any atom is -0.495 e. The van der Waals surface area contributed by atoms with Crippen molar-refractivity contribution in [2.24, 2.45) is 0 Å². The van der Waals surface area contributed by atoms with Crippen LogP contribution in [0.25, 0.3) is 0 Å². The van der Waals surface area contributed by atoms with E-state index in [1.807, 2.05) is 16.3 Å². The summed E-state index contributed by atoms with van der Waals surface area (Å²) in [5.74, 6) is 0.424. The lowest BCUT2D eigenvalue weighted by Gasteiger charge is -2.31. The van der Waals surface area contributed by atoms with Crippen molar-refractivity contribution in [2.45, 2.75) is 25.6 Å². The van der Waals surface area contributed by atoms with Gasteiger partial charge >= 0.3 is 0 Å². The summed E-state index contributed by atoms with van der Waals surface area (Å²) < 4.78 is 24.0. The highest BCUT2D eigenvalue weighted by Crippen LogP contribution is 2.27. The first kappa shape index (κ1) is 16.9. The summed E-state index contributed by atoms with van der Waals surface area (Å²) in [6.45, 7) is 1.82. The monoisotopic (exact) mass is 349 g/mol. The third-order valence-electron chi connectivity index (χ3n) is 4.17. The fourth-order valence-electron chi connectivity index (χ4n) is 2.78. The smallest absolute Gasteiger partial charge is 0.267 e. The molecule has 1 amide bonds. The summed E-state index contributed by atoms with van der Waals surface area (Å²) >= 11 is 1.41. The van der Waals surface area contributed by atoms with Gasteiger partial charge in [-0.05, 0) is 42.0 Å². The number of hydrogen-bond acceptors (Lipinski definition) is 4. The largest absolute Gasteiger partial charge is 0.495 e. The van der Waals surface area contributed by atoms with Crippen molar-refractivity contribution in [2.75, 3.05) is 20.2 Å². The maximum absolute atomic E-state index is 12.9. The zero-order valence-electron chi connectivity index (χ0n) is 13.5. The number of carbonyl (C=O) groups excluding carboxylic acids is 1. The average Bonchev–Trinajstić information content (AvgIpc) is 3.10. The van der Waals surface area contributed by atoms with Gasteiger partial charge in [0.15, 0.2) is 0 Å². The van der Waals surface area contributed by atoms with E-state index in [0.717, 1.165) is 18.4 Å². The van der Waals surface area contributed by atoms with Crippen LogP contribution in [0.1, 0.15) is 28.1 Å². The second-order valence-corrected chi connectivity index (χ2v) is 6.66. The van der Waals surface area contributed by atoms with Gasteiger partial charge in [0.2, 0.25) is 0 Å². The molecule has 0 radical (unpaired) electrons. The Balaban J connectivity index is 1.48. The van der Waals surface area contributed by atoms with E-state index in [1.165, 1.54) is 23.5 Å². The number of carbonyl (C=O) groups is 1. The van der Waals surface area contributed by atoms with Crippen LogP contribution in [0, 0.1) is 5.82 Å². The van der Waals surface area contributed by atoms with Gasteiger partial charge < -0.3 is 14.4 Å². The van der Waals surface area contributed by atoms with E-state index < -0.39 is 0 Å². The molecule has 128 valence electrons. The van der Waals surface area contributed by atoms with Crippen molar-refractivity contribution in [3.8, 4) is 5.75 Å². The number of piperidine rings is 1. The molecule has 1 aliphatic heterocycles. The van der Waals surface area contributed by atoms with E-state index in [1.54, 1.807) is 19.2 Å². The van der Waals surface area contributed by atoms with Crippen LogP contribution in [-0.4, -0.2) is 37.1 Å². The van der Waals surface area contributed by atoms with Gasteiger partial charge in [-0.1, -0.05) is 12.1 Å². The molecule has 0 bridgehead atoms. The molecule has 0 unspecified atom stereocenters. The fourth-order valence-corrected chi connectivity index (χ4v) is 3.60. The van der Waals surface area contributed by atoms with E-state index in [-0.39, 0.29) is 17.8 Å². The molecule has 1 aromatic carbocycles. The zero-order valence-corrected chi connectivity index (χ0v) is 14.4. The summed E-state index contributed by atoms with van der Waals surface area (Å²) in [4.78, 5) is 15.0. The molecule has 4 nitrogen and oxygen atoms in total. The summed E-state index contributed by atoms with van der Waals surface area (Å²) in [7, 11) is 1.58. The highest BCUT2D eigenvalue weighted by atomic mass is 32.1. The van der Waals surface area contributed by atoms with E-state index in [0.29, 0.717) is 30.3 Å². The Labute approximate surface area is 144 Å². The first-order valence-corrected chi connectivity index (χ1v) is 8.82. The Kier molecular flexibility index (Phi) is 5.48. The highest BCUT2D eigenvalue weighted by Gasteiger charge is 2.26. The van der Waals surface area contributed by atoms with Gasteiger partial charge in [0.1, 0.15) is 16.4 Å². The fraction of sp³-hybridized carbons (Fsp3) is 0.389. The molecule has 0 spiro atoms. The van der Waals surface area contributed by atoms with E-state index in [4.69, 9.17) is 9.47 Å². The molecule has 0 N–H and O–H groups in total. The standard InChI is InChI=1S/C18H20FNO3S/c1-22-16-8-11-24-17(16)18(21)20-9-6-15(7-10-20)23-12-13-2-4-14(19)5-3-13/h2-5,8,11,15H,6-7,9-10,12H2,1H3. The minimum atomic E-state index is -0.241. The van der Waals surface area contributed by atoms with Gasteiger partial charge in [-0.25, -0.2) is 4.39 Å². The van der Waals surface area contributed by atoms with Gasteiger partial charge in [-0.15, -0.1) is 11.3 Å². The lowest BCUT2D eigenvalue weighted by molar-refractivity contribution is -0.000331. The van der Waals surface area contributed by atoms with E-state index in [9.17, 15) is 9.18 Å². The minimum absolute atomic E-state index is 0.0267.